The molecule has 4 aromatic rings. The molecule has 0 unspecified atom stereocenters. The van der Waals surface area contributed by atoms with E-state index in [2.05, 4.69) is 25.5 Å². The van der Waals surface area contributed by atoms with E-state index < -0.39 is 17.7 Å². The first-order chi connectivity index (χ1) is 15.8. The molecule has 0 bridgehead atoms. The summed E-state index contributed by atoms with van der Waals surface area (Å²) in [6.45, 7) is 6.76. The monoisotopic (exact) mass is 450 g/mol. The van der Waals surface area contributed by atoms with Crippen LogP contribution in [0.3, 0.4) is 0 Å². The summed E-state index contributed by atoms with van der Waals surface area (Å²) < 4.78 is 30.5. The van der Waals surface area contributed by atoms with E-state index in [1.807, 2.05) is 26.1 Å². The summed E-state index contributed by atoms with van der Waals surface area (Å²) in [5, 5.41) is 21.3. The number of hydrogen-bond donors (Lipinski definition) is 2. The lowest BCUT2D eigenvalue weighted by Crippen LogP contribution is -2.14. The van der Waals surface area contributed by atoms with Crippen LogP contribution < -0.4 is 5.32 Å². The Morgan fingerprint density at radius 1 is 1.03 bits per heavy atom. The number of pyridine rings is 1. The van der Waals surface area contributed by atoms with Crippen LogP contribution in [0.25, 0.3) is 17.1 Å². The molecule has 0 radical (unpaired) electrons. The van der Waals surface area contributed by atoms with Gasteiger partial charge in [0.1, 0.15) is 17.3 Å². The van der Waals surface area contributed by atoms with E-state index in [0.29, 0.717) is 28.5 Å². The average Bonchev–Trinajstić information content (AvgIpc) is 3.20. The van der Waals surface area contributed by atoms with Gasteiger partial charge in [-0.3, -0.25) is 0 Å². The highest BCUT2D eigenvalue weighted by atomic mass is 19.1. The van der Waals surface area contributed by atoms with Crippen molar-refractivity contribution in [1.82, 2.24) is 24.7 Å². The first-order valence-electron chi connectivity index (χ1n) is 10.5. The van der Waals surface area contributed by atoms with Crippen LogP contribution >= 0.6 is 0 Å². The Morgan fingerprint density at radius 2 is 1.76 bits per heavy atom. The van der Waals surface area contributed by atoms with Gasteiger partial charge in [-0.1, -0.05) is 0 Å². The third kappa shape index (κ3) is 4.58. The highest BCUT2D eigenvalue weighted by molar-refractivity contribution is 5.60. The van der Waals surface area contributed by atoms with Gasteiger partial charge in [-0.15, -0.1) is 10.2 Å². The number of aryl methyl sites for hydroxylation is 3. The molecule has 0 aliphatic rings. The molecule has 0 fully saturated rings. The highest BCUT2D eigenvalue weighted by Crippen LogP contribution is 2.27. The minimum absolute atomic E-state index is 0.0505. The van der Waals surface area contributed by atoms with Crippen molar-refractivity contribution in [1.29, 1.82) is 0 Å². The van der Waals surface area contributed by atoms with Crippen LogP contribution in [-0.4, -0.2) is 29.8 Å². The Hall–Kier alpha value is -3.72. The van der Waals surface area contributed by atoms with Crippen molar-refractivity contribution in [2.24, 2.45) is 0 Å². The number of nitrogens with one attached hydrogen (secondary N) is 1. The Labute approximate surface area is 190 Å². The Bertz CT molecular complexity index is 1300. The van der Waals surface area contributed by atoms with Crippen molar-refractivity contribution in [2.45, 2.75) is 40.3 Å². The molecule has 9 heteroatoms. The van der Waals surface area contributed by atoms with Crippen LogP contribution in [0.2, 0.25) is 0 Å². The third-order valence-corrected chi connectivity index (χ3v) is 5.35. The average molecular weight is 450 g/mol. The summed E-state index contributed by atoms with van der Waals surface area (Å²) in [4.78, 5) is 8.75. The Kier molecular flexibility index (Phi) is 6.15. The summed E-state index contributed by atoms with van der Waals surface area (Å²) in [7, 11) is 0. The van der Waals surface area contributed by atoms with Crippen LogP contribution in [0.15, 0.2) is 42.9 Å². The number of aromatic nitrogens is 5. The van der Waals surface area contributed by atoms with E-state index in [9.17, 15) is 13.9 Å². The summed E-state index contributed by atoms with van der Waals surface area (Å²) in [6.07, 6.45) is 3.51. The van der Waals surface area contributed by atoms with Crippen molar-refractivity contribution in [3.63, 3.8) is 0 Å². The Morgan fingerprint density at radius 3 is 2.36 bits per heavy atom. The molecule has 170 valence electrons. The lowest BCUT2D eigenvalue weighted by Gasteiger charge is -2.18. The highest BCUT2D eigenvalue weighted by Gasteiger charge is 2.19. The second kappa shape index (κ2) is 9.03. The summed E-state index contributed by atoms with van der Waals surface area (Å²) in [5.41, 5.74) is 4.32. The lowest BCUT2D eigenvalue weighted by molar-refractivity contribution is 0.276. The predicted octanol–water partition coefficient (Wildman–Crippen LogP) is 4.59. The van der Waals surface area contributed by atoms with Crippen molar-refractivity contribution in [3.8, 4) is 17.1 Å². The minimum Gasteiger partial charge on any atom is -0.390 e. The van der Waals surface area contributed by atoms with E-state index in [-0.39, 0.29) is 12.2 Å². The second-order valence-corrected chi connectivity index (χ2v) is 8.01. The van der Waals surface area contributed by atoms with Crippen LogP contribution in [0.4, 0.5) is 14.6 Å². The molecule has 1 aromatic carbocycles. The standard InChI is InChI=1S/C24H24F2N6O/c1-13-7-17(25)23(18(26)8-13)16(4)28-24-14(2)9-20(30-31-24)19-5-6-22(21(11-33)29-19)32-10-15(3)27-12-32/h5-10,12,16,33H,11H2,1-4H3,(H,28,31)/t16-/m0/s1. The van der Waals surface area contributed by atoms with E-state index in [1.165, 1.54) is 12.1 Å². The number of aliphatic hydroxyl groups is 1. The van der Waals surface area contributed by atoms with E-state index in [1.54, 1.807) is 36.9 Å². The zero-order valence-electron chi connectivity index (χ0n) is 18.8. The number of hydrogen-bond acceptors (Lipinski definition) is 6. The van der Waals surface area contributed by atoms with Gasteiger partial charge in [-0.25, -0.2) is 18.7 Å². The molecule has 0 amide bonds. The molecule has 0 saturated carbocycles. The Balaban J connectivity index is 1.60. The maximum Gasteiger partial charge on any atom is 0.152 e. The lowest BCUT2D eigenvalue weighted by atomic mass is 10.0. The van der Waals surface area contributed by atoms with Gasteiger partial charge in [0.25, 0.3) is 0 Å². The van der Waals surface area contributed by atoms with Gasteiger partial charge in [-0.2, -0.15) is 0 Å². The molecule has 33 heavy (non-hydrogen) atoms. The fraction of sp³-hybridized carbons (Fsp3) is 0.250. The number of nitrogens with zero attached hydrogens (tertiary/aromatic N) is 5. The van der Waals surface area contributed by atoms with Crippen molar-refractivity contribution in [3.05, 3.63) is 82.6 Å². The number of rotatable bonds is 6. The zero-order valence-corrected chi connectivity index (χ0v) is 18.8. The van der Waals surface area contributed by atoms with E-state index in [0.717, 1.165) is 16.9 Å². The smallest absolute Gasteiger partial charge is 0.152 e. The molecule has 2 N–H and O–H groups in total. The van der Waals surface area contributed by atoms with Crippen LogP contribution in [0.5, 0.6) is 0 Å². The normalized spacial score (nSPS) is 12.1. The zero-order chi connectivity index (χ0) is 23.7. The van der Waals surface area contributed by atoms with Crippen LogP contribution in [-0.2, 0) is 6.61 Å². The molecule has 1 atom stereocenters. The molecule has 0 saturated heterocycles. The first kappa shape index (κ1) is 22.5. The summed E-state index contributed by atoms with van der Waals surface area (Å²) in [6, 6.07) is 7.37. The second-order valence-electron chi connectivity index (χ2n) is 8.01. The predicted molar refractivity (Wildman–Crippen MR) is 121 cm³/mol. The minimum atomic E-state index is -0.651. The number of aliphatic hydroxyl groups excluding tert-OH is 1. The molecule has 4 rings (SSSR count). The topological polar surface area (TPSA) is 88.8 Å². The van der Waals surface area contributed by atoms with Crippen molar-refractivity contribution in [2.75, 3.05) is 5.32 Å². The molecule has 3 heterocycles. The molecular weight excluding hydrogens is 426 g/mol. The van der Waals surface area contributed by atoms with Crippen molar-refractivity contribution < 1.29 is 13.9 Å². The maximum absolute atomic E-state index is 14.3. The van der Waals surface area contributed by atoms with Gasteiger partial charge in [0, 0.05) is 11.8 Å². The fourth-order valence-corrected chi connectivity index (χ4v) is 3.70. The maximum atomic E-state index is 14.3. The number of benzene rings is 1. The van der Waals surface area contributed by atoms with Crippen molar-refractivity contribution >= 4 is 5.82 Å². The van der Waals surface area contributed by atoms with Gasteiger partial charge in [-0.05, 0) is 69.2 Å². The molecule has 3 aromatic heterocycles. The molecule has 0 spiro atoms. The molecule has 0 aliphatic heterocycles. The van der Waals surface area contributed by atoms with Gasteiger partial charge < -0.3 is 15.0 Å². The summed E-state index contributed by atoms with van der Waals surface area (Å²) >= 11 is 0. The van der Waals surface area contributed by atoms with E-state index in [4.69, 9.17) is 0 Å². The SMILES string of the molecule is Cc1cc(F)c([C@H](C)Nc2nnc(-c3ccc(-n4cnc(C)c4)c(CO)n3)cc2C)c(F)c1. The largest absolute Gasteiger partial charge is 0.390 e. The summed E-state index contributed by atoms with van der Waals surface area (Å²) in [5.74, 6) is -0.800. The van der Waals surface area contributed by atoms with E-state index >= 15 is 0 Å². The number of halogens is 2. The third-order valence-electron chi connectivity index (χ3n) is 5.35. The van der Waals surface area contributed by atoms with Gasteiger partial charge in [0.2, 0.25) is 0 Å². The quantitative estimate of drug-likeness (QED) is 0.447. The first-order valence-corrected chi connectivity index (χ1v) is 10.5. The fourth-order valence-electron chi connectivity index (χ4n) is 3.70. The van der Waals surface area contributed by atoms with Crippen LogP contribution in [0, 0.1) is 32.4 Å². The van der Waals surface area contributed by atoms with Gasteiger partial charge in [0.05, 0.1) is 41.7 Å². The molecule has 7 nitrogen and oxygen atoms in total. The van der Waals surface area contributed by atoms with Gasteiger partial charge >= 0.3 is 0 Å². The van der Waals surface area contributed by atoms with Crippen LogP contribution in [0.1, 0.15) is 41.0 Å². The number of anilines is 1. The number of imidazole rings is 1. The molecule has 0 aliphatic carbocycles. The molecular formula is C24H24F2N6O. The van der Waals surface area contributed by atoms with Gasteiger partial charge in [0.15, 0.2) is 5.82 Å².